The highest BCUT2D eigenvalue weighted by atomic mass is 16.5. The molecule has 0 unspecified atom stereocenters. The Bertz CT molecular complexity index is 538. The maximum absolute atomic E-state index is 10.7. The first-order valence-corrected chi connectivity index (χ1v) is 7.54. The van der Waals surface area contributed by atoms with Gasteiger partial charge in [-0.25, -0.2) is 0 Å². The molecule has 21 heavy (non-hydrogen) atoms. The third kappa shape index (κ3) is 2.52. The van der Waals surface area contributed by atoms with Crippen molar-refractivity contribution in [1.29, 1.82) is 0 Å². The third-order valence-corrected chi connectivity index (χ3v) is 4.53. The van der Waals surface area contributed by atoms with Gasteiger partial charge in [0, 0.05) is 5.41 Å². The number of carbonyl (C=O) groups is 1. The van der Waals surface area contributed by atoms with E-state index in [-0.39, 0.29) is 18.1 Å². The summed E-state index contributed by atoms with van der Waals surface area (Å²) in [5, 5.41) is 0. The van der Waals surface area contributed by atoms with Gasteiger partial charge in [-0.15, -0.1) is 0 Å². The SMILES string of the molecule is O=CCO[C@@H]1CCCC1(c1ccccc1)c1ccccc1. The van der Waals surface area contributed by atoms with Crippen molar-refractivity contribution in [2.24, 2.45) is 0 Å². The van der Waals surface area contributed by atoms with Gasteiger partial charge in [-0.1, -0.05) is 60.7 Å². The molecule has 0 spiro atoms. The smallest absolute Gasteiger partial charge is 0.145 e. The van der Waals surface area contributed by atoms with E-state index in [4.69, 9.17) is 4.74 Å². The number of hydrogen-bond acceptors (Lipinski definition) is 2. The molecule has 0 heterocycles. The molecule has 0 aliphatic heterocycles. The largest absolute Gasteiger partial charge is 0.369 e. The van der Waals surface area contributed by atoms with Gasteiger partial charge in [0.15, 0.2) is 0 Å². The standard InChI is InChI=1S/C19H20O2/c20-14-15-21-18-12-7-13-19(18,16-8-3-1-4-9-16)17-10-5-2-6-11-17/h1-6,8-11,14,18H,7,12-13,15H2/t18-/m1/s1. The van der Waals surface area contributed by atoms with Crippen LogP contribution in [0.4, 0.5) is 0 Å². The van der Waals surface area contributed by atoms with Crippen LogP contribution in [0.15, 0.2) is 60.7 Å². The van der Waals surface area contributed by atoms with E-state index in [1.54, 1.807) is 0 Å². The highest BCUT2D eigenvalue weighted by Gasteiger charge is 2.46. The molecule has 0 saturated heterocycles. The Balaban J connectivity index is 2.09. The summed E-state index contributed by atoms with van der Waals surface area (Å²) in [5.41, 5.74) is 2.43. The molecule has 2 aromatic rings. The Morgan fingerprint density at radius 2 is 1.57 bits per heavy atom. The zero-order valence-electron chi connectivity index (χ0n) is 12.1. The molecule has 1 fully saturated rings. The molecular formula is C19H20O2. The topological polar surface area (TPSA) is 26.3 Å². The van der Waals surface area contributed by atoms with Crippen LogP contribution >= 0.6 is 0 Å². The minimum atomic E-state index is -0.133. The Kier molecular flexibility index (Phi) is 4.16. The molecular weight excluding hydrogens is 260 g/mol. The Morgan fingerprint density at radius 1 is 1.00 bits per heavy atom. The van der Waals surface area contributed by atoms with Gasteiger partial charge in [-0.3, -0.25) is 0 Å². The number of carbonyl (C=O) groups excluding carboxylic acids is 1. The fourth-order valence-corrected chi connectivity index (χ4v) is 3.65. The van der Waals surface area contributed by atoms with Crippen molar-refractivity contribution in [1.82, 2.24) is 0 Å². The van der Waals surface area contributed by atoms with Gasteiger partial charge >= 0.3 is 0 Å². The van der Waals surface area contributed by atoms with Crippen LogP contribution in [-0.2, 0) is 14.9 Å². The molecule has 0 aromatic heterocycles. The van der Waals surface area contributed by atoms with Crippen LogP contribution in [0.2, 0.25) is 0 Å². The van der Waals surface area contributed by atoms with E-state index in [2.05, 4.69) is 48.5 Å². The first-order valence-electron chi connectivity index (χ1n) is 7.54. The molecule has 108 valence electrons. The molecule has 3 rings (SSSR count). The average Bonchev–Trinajstić information content (AvgIpc) is 2.99. The molecule has 0 N–H and O–H groups in total. The lowest BCUT2D eigenvalue weighted by molar-refractivity contribution is -0.114. The van der Waals surface area contributed by atoms with Crippen LogP contribution in [0.1, 0.15) is 30.4 Å². The van der Waals surface area contributed by atoms with Crippen LogP contribution < -0.4 is 0 Å². The monoisotopic (exact) mass is 280 g/mol. The third-order valence-electron chi connectivity index (χ3n) is 4.53. The van der Waals surface area contributed by atoms with E-state index in [1.165, 1.54) is 11.1 Å². The van der Waals surface area contributed by atoms with Crippen molar-refractivity contribution in [3.63, 3.8) is 0 Å². The number of ether oxygens (including phenoxy) is 1. The Hall–Kier alpha value is -1.93. The molecule has 0 bridgehead atoms. The molecule has 1 atom stereocenters. The summed E-state index contributed by atoms with van der Waals surface area (Å²) in [5.74, 6) is 0. The van der Waals surface area contributed by atoms with E-state index in [1.807, 2.05) is 12.1 Å². The second-order valence-corrected chi connectivity index (χ2v) is 5.58. The molecule has 1 saturated carbocycles. The summed E-state index contributed by atoms with van der Waals surface area (Å²) in [6.07, 6.45) is 4.08. The van der Waals surface area contributed by atoms with E-state index in [9.17, 15) is 4.79 Å². The quantitative estimate of drug-likeness (QED) is 0.780. The zero-order valence-corrected chi connectivity index (χ0v) is 12.1. The summed E-state index contributed by atoms with van der Waals surface area (Å²) in [4.78, 5) is 10.7. The van der Waals surface area contributed by atoms with E-state index in [0.29, 0.717) is 0 Å². The molecule has 0 radical (unpaired) electrons. The summed E-state index contributed by atoms with van der Waals surface area (Å²) in [7, 11) is 0. The fourth-order valence-electron chi connectivity index (χ4n) is 3.65. The summed E-state index contributed by atoms with van der Waals surface area (Å²) in [6.45, 7) is 0.173. The molecule has 2 nitrogen and oxygen atoms in total. The zero-order chi connectivity index (χ0) is 14.5. The predicted octanol–water partition coefficient (Wildman–Crippen LogP) is 3.74. The Labute approximate surface area is 125 Å². The van der Waals surface area contributed by atoms with E-state index in [0.717, 1.165) is 25.5 Å². The lowest BCUT2D eigenvalue weighted by atomic mass is 9.71. The first kappa shape index (κ1) is 14.0. The molecule has 1 aliphatic rings. The maximum atomic E-state index is 10.7. The van der Waals surface area contributed by atoms with E-state index >= 15 is 0 Å². The molecule has 0 amide bonds. The second-order valence-electron chi connectivity index (χ2n) is 5.58. The summed E-state index contributed by atoms with van der Waals surface area (Å²) >= 11 is 0. The second kappa shape index (κ2) is 6.23. The van der Waals surface area contributed by atoms with Gasteiger partial charge < -0.3 is 9.53 Å². The van der Waals surface area contributed by atoms with Gasteiger partial charge in [0.2, 0.25) is 0 Å². The van der Waals surface area contributed by atoms with Crippen LogP contribution in [0.3, 0.4) is 0 Å². The lowest BCUT2D eigenvalue weighted by Gasteiger charge is -2.36. The van der Waals surface area contributed by atoms with Gasteiger partial charge in [-0.05, 0) is 30.4 Å². The van der Waals surface area contributed by atoms with Crippen molar-refractivity contribution in [2.45, 2.75) is 30.8 Å². The predicted molar refractivity (Wildman–Crippen MR) is 83.3 cm³/mol. The molecule has 1 aliphatic carbocycles. The van der Waals surface area contributed by atoms with Crippen molar-refractivity contribution in [2.75, 3.05) is 6.61 Å². The van der Waals surface area contributed by atoms with Crippen molar-refractivity contribution in [3.05, 3.63) is 71.8 Å². The van der Waals surface area contributed by atoms with Gasteiger partial charge in [0.25, 0.3) is 0 Å². The highest BCUT2D eigenvalue weighted by Crippen LogP contribution is 2.47. The van der Waals surface area contributed by atoms with Crippen LogP contribution in [-0.4, -0.2) is 19.0 Å². The van der Waals surface area contributed by atoms with Crippen molar-refractivity contribution < 1.29 is 9.53 Å². The minimum Gasteiger partial charge on any atom is -0.369 e. The molecule has 2 aromatic carbocycles. The number of benzene rings is 2. The summed E-state index contributed by atoms with van der Waals surface area (Å²) < 4.78 is 5.91. The fraction of sp³-hybridized carbons (Fsp3) is 0.316. The highest BCUT2D eigenvalue weighted by molar-refractivity contribution is 5.51. The van der Waals surface area contributed by atoms with Gasteiger partial charge in [0.05, 0.1) is 6.10 Å². The Morgan fingerprint density at radius 3 is 2.10 bits per heavy atom. The van der Waals surface area contributed by atoms with Crippen LogP contribution in [0, 0.1) is 0 Å². The van der Waals surface area contributed by atoms with Crippen LogP contribution in [0.5, 0.6) is 0 Å². The summed E-state index contributed by atoms with van der Waals surface area (Å²) in [6, 6.07) is 21.1. The van der Waals surface area contributed by atoms with Crippen molar-refractivity contribution >= 4 is 6.29 Å². The maximum Gasteiger partial charge on any atom is 0.145 e. The van der Waals surface area contributed by atoms with Crippen LogP contribution in [0.25, 0.3) is 0 Å². The molecule has 2 heteroatoms. The minimum absolute atomic E-state index is 0.0625. The lowest BCUT2D eigenvalue weighted by Crippen LogP contribution is -2.38. The van der Waals surface area contributed by atoms with E-state index < -0.39 is 0 Å². The average molecular weight is 280 g/mol. The number of hydrogen-bond donors (Lipinski definition) is 0. The first-order chi connectivity index (χ1) is 10.4. The number of aldehydes is 1. The van der Waals surface area contributed by atoms with Gasteiger partial charge in [-0.2, -0.15) is 0 Å². The normalized spacial score (nSPS) is 20.3. The van der Waals surface area contributed by atoms with Gasteiger partial charge in [0.1, 0.15) is 12.9 Å². The van der Waals surface area contributed by atoms with Crippen molar-refractivity contribution in [3.8, 4) is 0 Å². The number of rotatable bonds is 5.